The maximum atomic E-state index is 5.92. The first-order valence-electron chi connectivity index (χ1n) is 9.56. The third-order valence-electron chi connectivity index (χ3n) is 4.64. The molecule has 0 unspecified atom stereocenters. The van der Waals surface area contributed by atoms with Crippen LogP contribution in [0.25, 0.3) is 5.69 Å². The van der Waals surface area contributed by atoms with Gasteiger partial charge in [0.05, 0.1) is 11.4 Å². The van der Waals surface area contributed by atoms with Crippen molar-refractivity contribution in [2.75, 3.05) is 11.1 Å². The zero-order chi connectivity index (χ0) is 21.1. The normalized spacial score (nSPS) is 10.9. The topological polar surface area (TPSA) is 94.5 Å². The number of nitrogen functional groups attached to an aromatic ring is 1. The highest BCUT2D eigenvalue weighted by Crippen LogP contribution is 2.26. The van der Waals surface area contributed by atoms with Crippen LogP contribution in [0.3, 0.4) is 0 Å². The Morgan fingerprint density at radius 3 is 2.63 bits per heavy atom. The van der Waals surface area contributed by atoms with E-state index in [0.717, 1.165) is 22.1 Å². The summed E-state index contributed by atoms with van der Waals surface area (Å²) in [6.07, 6.45) is 3.77. The van der Waals surface area contributed by atoms with E-state index in [2.05, 4.69) is 61.9 Å². The number of aromatic nitrogens is 5. The average Bonchev–Trinajstić information content (AvgIpc) is 3.16. The quantitative estimate of drug-likeness (QED) is 0.443. The first-order valence-corrected chi connectivity index (χ1v) is 10.5. The molecule has 30 heavy (non-hydrogen) atoms. The van der Waals surface area contributed by atoms with Gasteiger partial charge in [0.15, 0.2) is 5.16 Å². The van der Waals surface area contributed by atoms with E-state index >= 15 is 0 Å². The molecule has 0 atom stereocenters. The first kappa shape index (κ1) is 19.9. The fraction of sp³-hybridized carbons (Fsp3) is 0.182. The van der Waals surface area contributed by atoms with Gasteiger partial charge >= 0.3 is 0 Å². The molecule has 0 bridgehead atoms. The van der Waals surface area contributed by atoms with Crippen molar-refractivity contribution in [3.05, 3.63) is 77.4 Å². The van der Waals surface area contributed by atoms with E-state index in [9.17, 15) is 0 Å². The minimum Gasteiger partial charge on any atom is -0.368 e. The van der Waals surface area contributed by atoms with Gasteiger partial charge in [-0.25, -0.2) is 4.98 Å². The third-order valence-corrected chi connectivity index (χ3v) is 5.60. The number of benzene rings is 2. The highest BCUT2D eigenvalue weighted by molar-refractivity contribution is 7.98. The molecule has 152 valence electrons. The molecule has 0 aliphatic carbocycles. The molecule has 0 aliphatic heterocycles. The van der Waals surface area contributed by atoms with Crippen molar-refractivity contribution in [1.29, 1.82) is 0 Å². The van der Waals surface area contributed by atoms with Gasteiger partial charge in [-0.05, 0) is 44.0 Å². The van der Waals surface area contributed by atoms with Crippen LogP contribution < -0.4 is 11.1 Å². The molecule has 2 aromatic heterocycles. The molecule has 2 aromatic carbocycles. The Bertz CT molecular complexity index is 1190. The third kappa shape index (κ3) is 4.44. The number of imidazole rings is 1. The van der Waals surface area contributed by atoms with E-state index in [1.807, 2.05) is 37.4 Å². The number of anilines is 3. The molecular formula is C22H23N7S. The second kappa shape index (κ2) is 8.54. The summed E-state index contributed by atoms with van der Waals surface area (Å²) in [5.41, 5.74) is 11.5. The summed E-state index contributed by atoms with van der Waals surface area (Å²) in [6, 6.07) is 14.3. The zero-order valence-corrected chi connectivity index (χ0v) is 17.9. The van der Waals surface area contributed by atoms with Gasteiger partial charge in [0.1, 0.15) is 5.82 Å². The van der Waals surface area contributed by atoms with Crippen molar-refractivity contribution in [2.45, 2.75) is 31.7 Å². The second-order valence-corrected chi connectivity index (χ2v) is 7.97. The Labute approximate surface area is 179 Å². The Balaban J connectivity index is 1.53. The molecule has 7 nitrogen and oxygen atoms in total. The van der Waals surface area contributed by atoms with Crippen molar-refractivity contribution in [2.24, 2.45) is 0 Å². The first-order chi connectivity index (χ1) is 14.5. The van der Waals surface area contributed by atoms with Crippen molar-refractivity contribution in [3.63, 3.8) is 0 Å². The van der Waals surface area contributed by atoms with E-state index in [1.54, 1.807) is 18.0 Å². The molecule has 0 fully saturated rings. The maximum Gasteiger partial charge on any atom is 0.232 e. The molecule has 4 aromatic rings. The van der Waals surface area contributed by atoms with Crippen LogP contribution in [0.5, 0.6) is 0 Å². The maximum absolute atomic E-state index is 5.92. The van der Waals surface area contributed by atoms with Gasteiger partial charge in [-0.1, -0.05) is 47.7 Å². The number of hydrogen-bond acceptors (Lipinski definition) is 7. The van der Waals surface area contributed by atoms with Crippen LogP contribution >= 0.6 is 11.8 Å². The molecule has 0 spiro atoms. The highest BCUT2D eigenvalue weighted by atomic mass is 32.2. The lowest BCUT2D eigenvalue weighted by molar-refractivity contribution is 0.883. The fourth-order valence-corrected chi connectivity index (χ4v) is 4.00. The lowest BCUT2D eigenvalue weighted by atomic mass is 10.1. The molecule has 4 rings (SSSR count). The van der Waals surface area contributed by atoms with E-state index in [4.69, 9.17) is 5.73 Å². The summed E-state index contributed by atoms with van der Waals surface area (Å²) in [5.74, 6) is 1.75. The largest absolute Gasteiger partial charge is 0.368 e. The summed E-state index contributed by atoms with van der Waals surface area (Å²) in [7, 11) is 0. The minimum absolute atomic E-state index is 0.189. The van der Waals surface area contributed by atoms with Crippen molar-refractivity contribution >= 4 is 29.3 Å². The van der Waals surface area contributed by atoms with Gasteiger partial charge in [-0.3, -0.25) is 4.57 Å². The van der Waals surface area contributed by atoms with Crippen LogP contribution in [0.4, 0.5) is 17.6 Å². The van der Waals surface area contributed by atoms with Crippen LogP contribution in [0, 0.1) is 20.8 Å². The number of aryl methyl sites for hydroxylation is 3. The Kier molecular flexibility index (Phi) is 5.67. The van der Waals surface area contributed by atoms with E-state index in [1.165, 1.54) is 11.1 Å². The van der Waals surface area contributed by atoms with E-state index in [0.29, 0.717) is 17.5 Å². The van der Waals surface area contributed by atoms with Gasteiger partial charge in [0, 0.05) is 18.1 Å². The Morgan fingerprint density at radius 1 is 1.00 bits per heavy atom. The summed E-state index contributed by atoms with van der Waals surface area (Å²) in [6.45, 7) is 6.22. The van der Waals surface area contributed by atoms with Crippen molar-refractivity contribution in [3.8, 4) is 5.69 Å². The lowest BCUT2D eigenvalue weighted by Crippen LogP contribution is -2.07. The van der Waals surface area contributed by atoms with Gasteiger partial charge in [-0.15, -0.1) is 0 Å². The van der Waals surface area contributed by atoms with Crippen LogP contribution in [-0.2, 0) is 5.75 Å². The molecule has 0 amide bonds. The number of rotatable bonds is 6. The van der Waals surface area contributed by atoms with Crippen molar-refractivity contribution < 1.29 is 0 Å². The lowest BCUT2D eigenvalue weighted by Gasteiger charge is -2.11. The number of para-hydroxylation sites is 1. The van der Waals surface area contributed by atoms with Gasteiger partial charge in [0.2, 0.25) is 11.9 Å². The standard InChI is InChI=1S/C22H23N7S/c1-14-8-9-18(16(3)12-14)29-11-10-24-22(29)30-13-19-26-20(23)28-21(27-19)25-17-7-5-4-6-15(17)2/h4-12H,13H2,1-3H3,(H3,23,25,26,27,28). The molecule has 0 radical (unpaired) electrons. The fourth-order valence-electron chi connectivity index (χ4n) is 3.18. The summed E-state index contributed by atoms with van der Waals surface area (Å²) < 4.78 is 2.08. The summed E-state index contributed by atoms with van der Waals surface area (Å²) in [5, 5.41) is 4.09. The summed E-state index contributed by atoms with van der Waals surface area (Å²) in [4.78, 5) is 17.5. The number of nitrogens with zero attached hydrogens (tertiary/aromatic N) is 5. The van der Waals surface area contributed by atoms with Crippen LogP contribution in [0.15, 0.2) is 60.0 Å². The number of thioether (sulfide) groups is 1. The van der Waals surface area contributed by atoms with Gasteiger partial charge in [0.25, 0.3) is 0 Å². The average molecular weight is 418 g/mol. The van der Waals surface area contributed by atoms with Gasteiger partial charge < -0.3 is 11.1 Å². The highest BCUT2D eigenvalue weighted by Gasteiger charge is 2.11. The predicted molar refractivity (Wildman–Crippen MR) is 121 cm³/mol. The number of nitrogens with two attached hydrogens (primary N) is 1. The van der Waals surface area contributed by atoms with Crippen molar-refractivity contribution in [1.82, 2.24) is 24.5 Å². The minimum atomic E-state index is 0.189. The van der Waals surface area contributed by atoms with E-state index < -0.39 is 0 Å². The SMILES string of the molecule is Cc1ccc(-n2ccnc2SCc2nc(N)nc(Nc3ccccc3C)n2)c(C)c1. The molecule has 0 saturated carbocycles. The predicted octanol–water partition coefficient (Wildman–Crippen LogP) is 4.60. The Hall–Kier alpha value is -3.39. The smallest absolute Gasteiger partial charge is 0.232 e. The van der Waals surface area contributed by atoms with Gasteiger partial charge in [-0.2, -0.15) is 15.0 Å². The van der Waals surface area contributed by atoms with E-state index in [-0.39, 0.29) is 5.95 Å². The molecule has 8 heteroatoms. The molecule has 0 aliphatic rings. The second-order valence-electron chi connectivity index (χ2n) is 7.03. The number of hydrogen-bond donors (Lipinski definition) is 2. The monoisotopic (exact) mass is 417 g/mol. The molecule has 3 N–H and O–H groups in total. The zero-order valence-electron chi connectivity index (χ0n) is 17.1. The Morgan fingerprint density at radius 2 is 1.83 bits per heavy atom. The van der Waals surface area contributed by atoms with Crippen LogP contribution in [0.2, 0.25) is 0 Å². The molecular weight excluding hydrogens is 394 g/mol. The van der Waals surface area contributed by atoms with Crippen LogP contribution in [-0.4, -0.2) is 24.5 Å². The number of nitrogens with one attached hydrogen (secondary N) is 1. The van der Waals surface area contributed by atoms with Crippen LogP contribution in [0.1, 0.15) is 22.5 Å². The molecule has 2 heterocycles. The molecule has 0 saturated heterocycles. The summed E-state index contributed by atoms with van der Waals surface area (Å²) >= 11 is 1.56.